The lowest BCUT2D eigenvalue weighted by Gasteiger charge is -2.30. The van der Waals surface area contributed by atoms with Gasteiger partial charge < -0.3 is 30.7 Å². The molecule has 136 valence electrons. The number of ether oxygens (including phenoxy) is 1. The highest BCUT2D eigenvalue weighted by Gasteiger charge is 2.45. The summed E-state index contributed by atoms with van der Waals surface area (Å²) in [6.45, 7) is 1.26. The molecule has 2 saturated heterocycles. The Morgan fingerprint density at radius 2 is 1.92 bits per heavy atom. The van der Waals surface area contributed by atoms with Crippen molar-refractivity contribution in [3.8, 4) is 0 Å². The first-order valence-electron chi connectivity index (χ1n) is 8.47. The third-order valence-electron chi connectivity index (χ3n) is 4.90. The zero-order valence-corrected chi connectivity index (χ0v) is 13.7. The summed E-state index contributed by atoms with van der Waals surface area (Å²) in [4.78, 5) is 14.9. The van der Waals surface area contributed by atoms with Gasteiger partial charge >= 0.3 is 0 Å². The van der Waals surface area contributed by atoms with Gasteiger partial charge in [0.25, 0.3) is 0 Å². The lowest BCUT2D eigenvalue weighted by atomic mass is 10.1. The molecule has 25 heavy (non-hydrogen) atoms. The molecule has 0 amide bonds. The van der Waals surface area contributed by atoms with E-state index < -0.39 is 31.1 Å². The highest BCUT2D eigenvalue weighted by atomic mass is 16.6. The van der Waals surface area contributed by atoms with Gasteiger partial charge in [-0.25, -0.2) is 15.0 Å². The van der Waals surface area contributed by atoms with Crippen LogP contribution in [0.15, 0.2) is 6.33 Å². The number of nitrogen functional groups attached to an aromatic ring is 1. The van der Waals surface area contributed by atoms with Crippen LogP contribution in [0.25, 0.3) is 11.2 Å². The van der Waals surface area contributed by atoms with E-state index in [0.29, 0.717) is 17.1 Å². The summed E-state index contributed by atoms with van der Waals surface area (Å²) in [6, 6.07) is 0. The Hall–Kier alpha value is -2.01. The van der Waals surface area contributed by atoms with E-state index in [1.165, 1.54) is 6.33 Å². The quantitative estimate of drug-likeness (QED) is 0.548. The Bertz CT molecular complexity index is 762. The highest BCUT2D eigenvalue weighted by molar-refractivity contribution is 5.84. The number of nitrogens with two attached hydrogens (primary N) is 1. The number of nitrogens with zero attached hydrogens (tertiary/aromatic N) is 5. The monoisotopic (exact) mass is 350 g/mol. The van der Waals surface area contributed by atoms with Crippen LogP contribution in [0.1, 0.15) is 25.5 Å². The van der Waals surface area contributed by atoms with Crippen molar-refractivity contribution in [1.29, 1.82) is 0 Å². The van der Waals surface area contributed by atoms with Crippen LogP contribution in [0.3, 0.4) is 0 Å². The van der Waals surface area contributed by atoms with Gasteiger partial charge in [-0.1, -0.05) is 0 Å². The fourth-order valence-corrected chi connectivity index (χ4v) is 3.56. The molecule has 4 atom stereocenters. The average Bonchev–Trinajstić information content (AvgIpc) is 3.15. The first-order chi connectivity index (χ1) is 12.1. The number of anilines is 2. The van der Waals surface area contributed by atoms with E-state index in [1.807, 2.05) is 0 Å². The number of fused-ring (bicyclic) bond motifs is 1. The van der Waals surface area contributed by atoms with Crippen molar-refractivity contribution in [3.63, 3.8) is 0 Å². The fourth-order valence-electron chi connectivity index (χ4n) is 3.56. The lowest BCUT2D eigenvalue weighted by molar-refractivity contribution is -0.0504. The minimum absolute atomic E-state index is 0.244. The first kappa shape index (κ1) is 16.5. The molecule has 10 heteroatoms. The van der Waals surface area contributed by atoms with Gasteiger partial charge in [0, 0.05) is 13.1 Å². The molecule has 2 fully saturated rings. The van der Waals surface area contributed by atoms with Gasteiger partial charge in [0.05, 0.1) is 6.61 Å². The summed E-state index contributed by atoms with van der Waals surface area (Å²) in [5.41, 5.74) is 6.81. The predicted octanol–water partition coefficient (Wildman–Crippen LogP) is -0.990. The zero-order chi connectivity index (χ0) is 17.6. The topological polar surface area (TPSA) is 143 Å². The van der Waals surface area contributed by atoms with Crippen LogP contribution in [0.4, 0.5) is 11.8 Å². The Labute approximate surface area is 143 Å². The van der Waals surface area contributed by atoms with Gasteiger partial charge in [0.15, 0.2) is 23.2 Å². The smallest absolute Gasteiger partial charge is 0.210 e. The maximum Gasteiger partial charge on any atom is 0.210 e. The summed E-state index contributed by atoms with van der Waals surface area (Å²) in [6.07, 6.45) is 0.383. The van der Waals surface area contributed by atoms with Crippen molar-refractivity contribution in [2.45, 2.75) is 43.8 Å². The summed E-state index contributed by atoms with van der Waals surface area (Å²) < 4.78 is 7.36. The van der Waals surface area contributed by atoms with Crippen molar-refractivity contribution in [2.24, 2.45) is 0 Å². The average molecular weight is 350 g/mol. The molecule has 2 aliphatic heterocycles. The van der Waals surface area contributed by atoms with Crippen molar-refractivity contribution in [1.82, 2.24) is 19.5 Å². The number of hydrogen-bond acceptors (Lipinski definition) is 9. The number of aliphatic hydroxyl groups is 3. The van der Waals surface area contributed by atoms with Crippen LogP contribution in [-0.2, 0) is 4.74 Å². The van der Waals surface area contributed by atoms with E-state index in [1.54, 1.807) is 4.57 Å². The Morgan fingerprint density at radius 1 is 1.16 bits per heavy atom. The Morgan fingerprint density at radius 3 is 2.60 bits per heavy atom. The molecule has 0 saturated carbocycles. The molecule has 5 N–H and O–H groups in total. The number of imidazole rings is 1. The minimum atomic E-state index is -1.21. The number of aromatic nitrogens is 4. The molecule has 0 aromatic carbocycles. The van der Waals surface area contributed by atoms with Gasteiger partial charge in [0.1, 0.15) is 24.6 Å². The SMILES string of the molecule is Nc1ncnc2c1nc(N1CCCCC1)n2[C@@H]1O[C@H](CO)[C@@H](O)[C@H]1O. The van der Waals surface area contributed by atoms with E-state index in [-0.39, 0.29) is 5.82 Å². The molecule has 0 unspecified atom stereocenters. The van der Waals surface area contributed by atoms with E-state index in [2.05, 4.69) is 19.9 Å². The maximum absolute atomic E-state index is 10.5. The standard InChI is InChI=1S/C15H22N6O4/c16-12-9-13(18-7-17-12)21(14-11(24)10(23)8(6-22)25-14)15(19-9)20-4-2-1-3-5-20/h7-8,10-11,14,22-24H,1-6H2,(H2,16,17,18)/t8-,10-,11-,14-/m1/s1. The molecular formula is C15H22N6O4. The van der Waals surface area contributed by atoms with E-state index in [4.69, 9.17) is 10.5 Å². The maximum atomic E-state index is 10.5. The van der Waals surface area contributed by atoms with Gasteiger partial charge in [-0.05, 0) is 19.3 Å². The summed E-state index contributed by atoms with van der Waals surface area (Å²) in [5, 5.41) is 29.9. The molecule has 0 radical (unpaired) electrons. The molecule has 0 spiro atoms. The molecule has 4 heterocycles. The third-order valence-corrected chi connectivity index (χ3v) is 4.90. The van der Waals surface area contributed by atoms with Crippen molar-refractivity contribution >= 4 is 22.9 Å². The van der Waals surface area contributed by atoms with Crippen LogP contribution in [0.5, 0.6) is 0 Å². The van der Waals surface area contributed by atoms with Crippen LogP contribution in [-0.4, -0.2) is 72.8 Å². The minimum Gasteiger partial charge on any atom is -0.394 e. The van der Waals surface area contributed by atoms with E-state index in [0.717, 1.165) is 32.4 Å². The number of piperidine rings is 1. The largest absolute Gasteiger partial charge is 0.394 e. The summed E-state index contributed by atoms with van der Waals surface area (Å²) >= 11 is 0. The van der Waals surface area contributed by atoms with Gasteiger partial charge in [-0.3, -0.25) is 4.57 Å². The molecule has 2 aromatic heterocycles. The van der Waals surface area contributed by atoms with Gasteiger partial charge in [-0.15, -0.1) is 0 Å². The van der Waals surface area contributed by atoms with E-state index >= 15 is 0 Å². The molecular weight excluding hydrogens is 328 g/mol. The zero-order valence-electron chi connectivity index (χ0n) is 13.7. The third kappa shape index (κ3) is 2.61. The fraction of sp³-hybridized carbons (Fsp3) is 0.667. The number of rotatable bonds is 3. The Balaban J connectivity index is 1.84. The number of aliphatic hydroxyl groups excluding tert-OH is 3. The second-order valence-corrected chi connectivity index (χ2v) is 6.49. The molecule has 4 rings (SSSR count). The molecule has 0 aliphatic carbocycles. The molecule has 10 nitrogen and oxygen atoms in total. The van der Waals surface area contributed by atoms with Crippen molar-refractivity contribution < 1.29 is 20.1 Å². The second kappa shape index (κ2) is 6.37. The normalized spacial score (nSPS) is 30.3. The van der Waals surface area contributed by atoms with Crippen LogP contribution >= 0.6 is 0 Å². The van der Waals surface area contributed by atoms with Crippen LogP contribution in [0, 0.1) is 0 Å². The van der Waals surface area contributed by atoms with Gasteiger partial charge in [0.2, 0.25) is 5.95 Å². The van der Waals surface area contributed by atoms with Gasteiger partial charge in [-0.2, -0.15) is 0 Å². The van der Waals surface area contributed by atoms with Crippen LogP contribution in [0.2, 0.25) is 0 Å². The predicted molar refractivity (Wildman–Crippen MR) is 88.8 cm³/mol. The van der Waals surface area contributed by atoms with Crippen LogP contribution < -0.4 is 10.6 Å². The van der Waals surface area contributed by atoms with E-state index in [9.17, 15) is 15.3 Å². The number of hydrogen-bond donors (Lipinski definition) is 4. The lowest BCUT2D eigenvalue weighted by Crippen LogP contribution is -2.35. The summed E-state index contributed by atoms with van der Waals surface area (Å²) in [7, 11) is 0. The molecule has 0 bridgehead atoms. The Kier molecular flexibility index (Phi) is 4.20. The first-order valence-corrected chi connectivity index (χ1v) is 8.47. The van der Waals surface area contributed by atoms with Crippen molar-refractivity contribution in [2.75, 3.05) is 30.3 Å². The second-order valence-electron chi connectivity index (χ2n) is 6.49. The highest BCUT2D eigenvalue weighted by Crippen LogP contribution is 2.36. The van der Waals surface area contributed by atoms with Crippen molar-refractivity contribution in [3.05, 3.63) is 6.33 Å². The molecule has 2 aromatic rings. The summed E-state index contributed by atoms with van der Waals surface area (Å²) in [5.74, 6) is 0.825. The molecule has 2 aliphatic rings.